The van der Waals surface area contributed by atoms with E-state index in [0.717, 1.165) is 51.5 Å². The van der Waals surface area contributed by atoms with E-state index in [0.29, 0.717) is 13.2 Å². The topological polar surface area (TPSA) is 49.8 Å². The standard InChI is InChI=1S/C13H25NO3/c1-14(7-3-2-4-8-15)11-13(12-16)5-9-17-10-6-13/h12,15H,2-11H2,1H3. The number of ether oxygens (including phenoxy) is 1. The number of aliphatic hydroxyl groups is 1. The summed E-state index contributed by atoms with van der Waals surface area (Å²) in [6.07, 6.45) is 5.83. The lowest BCUT2D eigenvalue weighted by atomic mass is 9.81. The second kappa shape index (κ2) is 7.80. The average molecular weight is 243 g/mol. The zero-order chi connectivity index (χ0) is 12.6. The molecule has 1 heterocycles. The lowest BCUT2D eigenvalue weighted by Crippen LogP contribution is -2.41. The van der Waals surface area contributed by atoms with E-state index in [9.17, 15) is 4.79 Å². The highest BCUT2D eigenvalue weighted by Crippen LogP contribution is 2.28. The fraction of sp³-hybridized carbons (Fsp3) is 0.923. The van der Waals surface area contributed by atoms with Gasteiger partial charge in [0.25, 0.3) is 0 Å². The first-order valence-corrected chi connectivity index (χ1v) is 6.56. The van der Waals surface area contributed by atoms with Gasteiger partial charge >= 0.3 is 0 Å². The van der Waals surface area contributed by atoms with Crippen LogP contribution in [0.2, 0.25) is 0 Å². The van der Waals surface area contributed by atoms with Crippen LogP contribution in [-0.2, 0) is 9.53 Å². The molecule has 1 fully saturated rings. The average Bonchev–Trinajstić information content (AvgIpc) is 2.36. The van der Waals surface area contributed by atoms with Crippen LogP contribution in [0.1, 0.15) is 32.1 Å². The Balaban J connectivity index is 2.26. The Kier molecular flexibility index (Phi) is 6.70. The largest absolute Gasteiger partial charge is 0.396 e. The van der Waals surface area contributed by atoms with Crippen molar-refractivity contribution in [1.82, 2.24) is 4.90 Å². The lowest BCUT2D eigenvalue weighted by molar-refractivity contribution is -0.122. The van der Waals surface area contributed by atoms with Gasteiger partial charge in [0, 0.05) is 31.8 Å². The first-order valence-electron chi connectivity index (χ1n) is 6.56. The molecule has 100 valence electrons. The van der Waals surface area contributed by atoms with E-state index in [2.05, 4.69) is 11.9 Å². The number of aldehydes is 1. The molecule has 1 aliphatic rings. The minimum atomic E-state index is -0.190. The highest BCUT2D eigenvalue weighted by molar-refractivity contribution is 5.60. The first-order chi connectivity index (χ1) is 8.22. The third-order valence-electron chi connectivity index (χ3n) is 3.52. The van der Waals surface area contributed by atoms with Crippen molar-refractivity contribution in [3.8, 4) is 0 Å². The van der Waals surface area contributed by atoms with Crippen LogP contribution in [0.4, 0.5) is 0 Å². The number of carbonyl (C=O) groups is 1. The predicted molar refractivity (Wildman–Crippen MR) is 67.0 cm³/mol. The van der Waals surface area contributed by atoms with Crippen LogP contribution in [-0.4, -0.2) is 56.3 Å². The van der Waals surface area contributed by atoms with Crippen LogP contribution in [0.5, 0.6) is 0 Å². The van der Waals surface area contributed by atoms with Gasteiger partial charge < -0.3 is 19.5 Å². The van der Waals surface area contributed by atoms with Crippen molar-refractivity contribution < 1.29 is 14.6 Å². The molecule has 0 bridgehead atoms. The summed E-state index contributed by atoms with van der Waals surface area (Å²) < 4.78 is 5.32. The number of aliphatic hydroxyl groups excluding tert-OH is 1. The number of unbranched alkanes of at least 4 members (excludes halogenated alkanes) is 2. The molecule has 17 heavy (non-hydrogen) atoms. The van der Waals surface area contributed by atoms with Crippen LogP contribution in [0, 0.1) is 5.41 Å². The van der Waals surface area contributed by atoms with E-state index < -0.39 is 0 Å². The van der Waals surface area contributed by atoms with Crippen molar-refractivity contribution in [3.05, 3.63) is 0 Å². The van der Waals surface area contributed by atoms with Crippen molar-refractivity contribution in [1.29, 1.82) is 0 Å². The molecule has 0 unspecified atom stereocenters. The molecule has 0 radical (unpaired) electrons. The van der Waals surface area contributed by atoms with Crippen molar-refractivity contribution in [3.63, 3.8) is 0 Å². The van der Waals surface area contributed by atoms with E-state index in [1.165, 1.54) is 0 Å². The highest BCUT2D eigenvalue weighted by atomic mass is 16.5. The molecular formula is C13H25NO3. The summed E-state index contributed by atoms with van der Waals surface area (Å²) in [5.74, 6) is 0. The molecule has 0 spiro atoms. The van der Waals surface area contributed by atoms with Crippen molar-refractivity contribution in [2.24, 2.45) is 5.41 Å². The molecule has 1 saturated heterocycles. The normalized spacial score (nSPS) is 19.5. The second-order valence-corrected chi connectivity index (χ2v) is 5.11. The van der Waals surface area contributed by atoms with Crippen LogP contribution >= 0.6 is 0 Å². The summed E-state index contributed by atoms with van der Waals surface area (Å²) in [6, 6.07) is 0. The van der Waals surface area contributed by atoms with E-state index in [1.807, 2.05) is 0 Å². The van der Waals surface area contributed by atoms with Crippen molar-refractivity contribution >= 4 is 6.29 Å². The maximum absolute atomic E-state index is 11.3. The molecule has 0 saturated carbocycles. The molecule has 0 aliphatic carbocycles. The Hall–Kier alpha value is -0.450. The number of rotatable bonds is 8. The van der Waals surface area contributed by atoms with Crippen LogP contribution in [0.25, 0.3) is 0 Å². The summed E-state index contributed by atoms with van der Waals surface area (Å²) in [5.41, 5.74) is -0.190. The van der Waals surface area contributed by atoms with E-state index in [1.54, 1.807) is 0 Å². The molecule has 1 rings (SSSR count). The van der Waals surface area contributed by atoms with Crippen molar-refractivity contribution in [2.75, 3.05) is 40.0 Å². The SMILES string of the molecule is CN(CCCCCO)CC1(C=O)CCOCC1. The molecule has 0 atom stereocenters. The summed E-state index contributed by atoms with van der Waals surface area (Å²) in [5, 5.41) is 8.70. The van der Waals surface area contributed by atoms with Gasteiger partial charge in [-0.1, -0.05) is 0 Å². The van der Waals surface area contributed by atoms with Gasteiger partial charge in [-0.25, -0.2) is 0 Å². The number of nitrogens with zero attached hydrogens (tertiary/aromatic N) is 1. The van der Waals surface area contributed by atoms with Gasteiger partial charge in [-0.2, -0.15) is 0 Å². The molecule has 4 heteroatoms. The van der Waals surface area contributed by atoms with Gasteiger partial charge in [0.15, 0.2) is 0 Å². The first kappa shape index (κ1) is 14.6. The van der Waals surface area contributed by atoms with Crippen LogP contribution in [0.3, 0.4) is 0 Å². The fourth-order valence-corrected chi connectivity index (χ4v) is 2.38. The Morgan fingerprint density at radius 1 is 1.29 bits per heavy atom. The van der Waals surface area contributed by atoms with Gasteiger partial charge in [0.1, 0.15) is 6.29 Å². The smallest absolute Gasteiger partial charge is 0.127 e. The third-order valence-corrected chi connectivity index (χ3v) is 3.52. The predicted octanol–water partition coefficient (Wildman–Crippen LogP) is 1.08. The van der Waals surface area contributed by atoms with Gasteiger partial charge in [-0.15, -0.1) is 0 Å². The zero-order valence-electron chi connectivity index (χ0n) is 10.9. The summed E-state index contributed by atoms with van der Waals surface area (Å²) in [7, 11) is 2.07. The summed E-state index contributed by atoms with van der Waals surface area (Å²) in [6.45, 7) is 3.52. The van der Waals surface area contributed by atoms with Crippen molar-refractivity contribution in [2.45, 2.75) is 32.1 Å². The van der Waals surface area contributed by atoms with Gasteiger partial charge in [0.05, 0.1) is 0 Å². The highest BCUT2D eigenvalue weighted by Gasteiger charge is 2.33. The Labute approximate surface area is 104 Å². The van der Waals surface area contributed by atoms with Gasteiger partial charge in [0.2, 0.25) is 0 Å². The van der Waals surface area contributed by atoms with Gasteiger partial charge in [-0.3, -0.25) is 0 Å². The number of hydrogen-bond donors (Lipinski definition) is 1. The Bertz CT molecular complexity index is 215. The quantitative estimate of drug-likeness (QED) is 0.512. The molecule has 0 aromatic carbocycles. The third kappa shape index (κ3) is 5.15. The maximum Gasteiger partial charge on any atom is 0.127 e. The molecular weight excluding hydrogens is 218 g/mol. The minimum Gasteiger partial charge on any atom is -0.396 e. The molecule has 4 nitrogen and oxygen atoms in total. The van der Waals surface area contributed by atoms with E-state index in [4.69, 9.17) is 9.84 Å². The van der Waals surface area contributed by atoms with Gasteiger partial charge in [-0.05, 0) is 45.7 Å². The summed E-state index contributed by atoms with van der Waals surface area (Å²) >= 11 is 0. The summed E-state index contributed by atoms with van der Waals surface area (Å²) in [4.78, 5) is 13.5. The Morgan fingerprint density at radius 3 is 2.59 bits per heavy atom. The van der Waals surface area contributed by atoms with E-state index in [-0.39, 0.29) is 12.0 Å². The maximum atomic E-state index is 11.3. The molecule has 1 aliphatic heterocycles. The molecule has 0 aromatic rings. The lowest BCUT2D eigenvalue weighted by Gasteiger charge is -2.35. The molecule has 0 aromatic heterocycles. The monoisotopic (exact) mass is 243 g/mol. The Morgan fingerprint density at radius 2 is 2.00 bits per heavy atom. The second-order valence-electron chi connectivity index (χ2n) is 5.11. The zero-order valence-corrected chi connectivity index (χ0v) is 10.9. The fourth-order valence-electron chi connectivity index (χ4n) is 2.38. The molecule has 0 amide bonds. The minimum absolute atomic E-state index is 0.190. The van der Waals surface area contributed by atoms with Crippen LogP contribution in [0.15, 0.2) is 0 Å². The number of hydrogen-bond acceptors (Lipinski definition) is 4. The number of carbonyl (C=O) groups excluding carboxylic acids is 1. The molecule has 1 N–H and O–H groups in total. The van der Waals surface area contributed by atoms with Crippen LogP contribution < -0.4 is 0 Å². The van der Waals surface area contributed by atoms with E-state index >= 15 is 0 Å².